The van der Waals surface area contributed by atoms with Crippen LogP contribution in [0.5, 0.6) is 0 Å². The molecule has 1 aliphatic rings. The van der Waals surface area contributed by atoms with E-state index in [1.165, 1.54) is 12.1 Å². The number of carbonyl (C=O) groups excluding carboxylic acids is 2. The fraction of sp³-hybridized carbons (Fsp3) is 0.385. The number of benzene rings is 1. The van der Waals surface area contributed by atoms with Gasteiger partial charge in [-0.1, -0.05) is 23.2 Å². The summed E-state index contributed by atoms with van der Waals surface area (Å²) in [6, 6.07) is 2.82. The molecule has 1 aromatic rings. The van der Waals surface area contributed by atoms with Crippen LogP contribution in [0.1, 0.15) is 29.6 Å². The first kappa shape index (κ1) is 14.9. The molecule has 20 heavy (non-hydrogen) atoms. The fourth-order valence-corrected chi connectivity index (χ4v) is 2.39. The molecule has 1 atom stereocenters. The van der Waals surface area contributed by atoms with Gasteiger partial charge in [0.15, 0.2) is 6.10 Å². The quantitative estimate of drug-likeness (QED) is 0.648. The number of hydrogen-bond donors (Lipinski definition) is 2. The van der Waals surface area contributed by atoms with E-state index in [1.54, 1.807) is 0 Å². The van der Waals surface area contributed by atoms with E-state index in [9.17, 15) is 9.59 Å². The Balaban J connectivity index is 2.17. The summed E-state index contributed by atoms with van der Waals surface area (Å²) in [5, 5.41) is 2.93. The molecule has 0 spiro atoms. The second-order valence-corrected chi connectivity index (χ2v) is 5.33. The molecule has 2 rings (SSSR count). The number of anilines is 1. The average molecular weight is 317 g/mol. The molecule has 0 aliphatic carbocycles. The smallest absolute Gasteiger partial charge is 0.340 e. The van der Waals surface area contributed by atoms with Crippen LogP contribution in [-0.4, -0.2) is 24.5 Å². The summed E-state index contributed by atoms with van der Waals surface area (Å²) in [5.74, 6) is -0.992. The van der Waals surface area contributed by atoms with Crippen LogP contribution in [-0.2, 0) is 9.53 Å². The molecule has 5 nitrogen and oxygen atoms in total. The largest absolute Gasteiger partial charge is 0.449 e. The lowest BCUT2D eigenvalue weighted by Gasteiger charge is -2.15. The predicted molar refractivity (Wildman–Crippen MR) is 76.9 cm³/mol. The maximum Gasteiger partial charge on any atom is 0.340 e. The Bertz CT molecular complexity index is 549. The highest BCUT2D eigenvalue weighted by molar-refractivity contribution is 6.44. The monoisotopic (exact) mass is 316 g/mol. The van der Waals surface area contributed by atoms with Gasteiger partial charge in [0.2, 0.25) is 0 Å². The molecule has 3 N–H and O–H groups in total. The maximum absolute atomic E-state index is 12.1. The van der Waals surface area contributed by atoms with E-state index < -0.39 is 12.1 Å². The van der Waals surface area contributed by atoms with Crippen molar-refractivity contribution in [2.45, 2.75) is 25.4 Å². The van der Waals surface area contributed by atoms with Gasteiger partial charge in [-0.15, -0.1) is 0 Å². The molecule has 1 aromatic carbocycles. The van der Waals surface area contributed by atoms with Crippen molar-refractivity contribution in [3.8, 4) is 0 Å². The lowest BCUT2D eigenvalue weighted by molar-refractivity contribution is -0.129. The summed E-state index contributed by atoms with van der Waals surface area (Å²) < 4.78 is 5.21. The number of nitrogens with two attached hydrogens (primary N) is 1. The molecule has 108 valence electrons. The topological polar surface area (TPSA) is 81.4 Å². The van der Waals surface area contributed by atoms with Crippen molar-refractivity contribution in [2.75, 3.05) is 12.3 Å². The summed E-state index contributed by atoms with van der Waals surface area (Å²) in [6.45, 7) is 0.595. The van der Waals surface area contributed by atoms with Gasteiger partial charge in [0, 0.05) is 12.2 Å². The minimum atomic E-state index is -0.804. The van der Waals surface area contributed by atoms with E-state index in [2.05, 4.69) is 5.32 Å². The molecule has 1 unspecified atom stereocenters. The van der Waals surface area contributed by atoms with Crippen molar-refractivity contribution in [1.82, 2.24) is 5.32 Å². The summed E-state index contributed by atoms with van der Waals surface area (Å²) in [6.07, 6.45) is 1.36. The average Bonchev–Trinajstić information content (AvgIpc) is 2.59. The third-order valence-corrected chi connectivity index (χ3v) is 3.81. The Labute approximate surface area is 126 Å². The van der Waals surface area contributed by atoms with Crippen molar-refractivity contribution >= 4 is 40.8 Å². The normalized spacial score (nSPS) is 19.1. The highest BCUT2D eigenvalue weighted by Crippen LogP contribution is 2.29. The lowest BCUT2D eigenvalue weighted by Crippen LogP contribution is -2.36. The molecule has 7 heteroatoms. The number of carbonyl (C=O) groups is 2. The molecule has 0 aromatic heterocycles. The number of halogens is 2. The molecule has 0 saturated carbocycles. The Kier molecular flexibility index (Phi) is 4.73. The first-order valence-corrected chi connectivity index (χ1v) is 6.98. The maximum atomic E-state index is 12.1. The number of amides is 1. The Hall–Kier alpha value is -1.46. The summed E-state index contributed by atoms with van der Waals surface area (Å²) in [4.78, 5) is 23.8. The minimum absolute atomic E-state index is 0.0636. The first-order chi connectivity index (χ1) is 9.49. The number of nitrogens with one attached hydrogen (secondary N) is 1. The van der Waals surface area contributed by atoms with E-state index in [4.69, 9.17) is 33.7 Å². The van der Waals surface area contributed by atoms with E-state index >= 15 is 0 Å². The van der Waals surface area contributed by atoms with Crippen LogP contribution in [0, 0.1) is 0 Å². The molecule has 1 saturated heterocycles. The Morgan fingerprint density at radius 3 is 2.85 bits per heavy atom. The molecule has 0 bridgehead atoms. The molecule has 1 amide bonds. The highest BCUT2D eigenvalue weighted by Gasteiger charge is 2.26. The standard InChI is InChI=1S/C13H14Cl2N2O3/c14-9-6-7(16)5-8(11(9)15)13(19)20-10-3-1-2-4-17-12(10)18/h5-6,10H,1-4,16H2,(H,17,18). The van der Waals surface area contributed by atoms with Gasteiger partial charge in [0.1, 0.15) is 0 Å². The van der Waals surface area contributed by atoms with Gasteiger partial charge in [-0.3, -0.25) is 4.79 Å². The molecule has 1 fully saturated rings. The van der Waals surface area contributed by atoms with Gasteiger partial charge in [-0.05, 0) is 31.4 Å². The van der Waals surface area contributed by atoms with Gasteiger partial charge in [-0.25, -0.2) is 4.79 Å². The van der Waals surface area contributed by atoms with Crippen LogP contribution >= 0.6 is 23.2 Å². The summed E-state index contributed by atoms with van der Waals surface area (Å²) in [7, 11) is 0. The van der Waals surface area contributed by atoms with Gasteiger partial charge in [0.25, 0.3) is 5.91 Å². The number of hydrogen-bond acceptors (Lipinski definition) is 4. The van der Waals surface area contributed by atoms with Crippen LogP contribution in [0.4, 0.5) is 5.69 Å². The summed E-state index contributed by atoms with van der Waals surface area (Å²) in [5.41, 5.74) is 5.99. The van der Waals surface area contributed by atoms with Crippen LogP contribution in [0.2, 0.25) is 10.0 Å². The molecular formula is C13H14Cl2N2O3. The van der Waals surface area contributed by atoms with E-state index in [0.29, 0.717) is 18.7 Å². The van der Waals surface area contributed by atoms with E-state index in [-0.39, 0.29) is 21.5 Å². The zero-order valence-corrected chi connectivity index (χ0v) is 12.1. The van der Waals surface area contributed by atoms with Crippen LogP contribution in [0.3, 0.4) is 0 Å². The lowest BCUT2D eigenvalue weighted by atomic mass is 10.1. The summed E-state index contributed by atoms with van der Waals surface area (Å²) >= 11 is 11.8. The van der Waals surface area contributed by atoms with Crippen molar-refractivity contribution in [1.29, 1.82) is 0 Å². The fourth-order valence-electron chi connectivity index (χ4n) is 1.97. The second kappa shape index (κ2) is 6.33. The Morgan fingerprint density at radius 1 is 1.35 bits per heavy atom. The zero-order valence-electron chi connectivity index (χ0n) is 10.6. The molecule has 1 aliphatic heterocycles. The second-order valence-electron chi connectivity index (χ2n) is 4.55. The van der Waals surface area contributed by atoms with Crippen molar-refractivity contribution in [3.05, 3.63) is 27.7 Å². The minimum Gasteiger partial charge on any atom is -0.449 e. The van der Waals surface area contributed by atoms with Gasteiger partial charge in [-0.2, -0.15) is 0 Å². The SMILES string of the molecule is Nc1cc(Cl)c(Cl)c(C(=O)OC2CCCCNC2=O)c1. The third kappa shape index (κ3) is 3.35. The molecule has 1 heterocycles. The highest BCUT2D eigenvalue weighted by atomic mass is 35.5. The number of ether oxygens (including phenoxy) is 1. The third-order valence-electron chi connectivity index (χ3n) is 3.00. The van der Waals surface area contributed by atoms with Gasteiger partial charge in [0.05, 0.1) is 15.6 Å². The van der Waals surface area contributed by atoms with Crippen molar-refractivity contribution in [2.24, 2.45) is 0 Å². The number of rotatable bonds is 2. The van der Waals surface area contributed by atoms with Gasteiger partial charge >= 0.3 is 5.97 Å². The van der Waals surface area contributed by atoms with Crippen molar-refractivity contribution < 1.29 is 14.3 Å². The predicted octanol–water partition coefficient (Wildman–Crippen LogP) is 2.40. The molecule has 0 radical (unpaired) electrons. The first-order valence-electron chi connectivity index (χ1n) is 6.22. The van der Waals surface area contributed by atoms with Crippen LogP contribution in [0.25, 0.3) is 0 Å². The van der Waals surface area contributed by atoms with Crippen molar-refractivity contribution in [3.63, 3.8) is 0 Å². The Morgan fingerprint density at radius 2 is 2.10 bits per heavy atom. The van der Waals surface area contributed by atoms with E-state index in [1.807, 2.05) is 0 Å². The van der Waals surface area contributed by atoms with Crippen LogP contribution < -0.4 is 11.1 Å². The molecular weight excluding hydrogens is 303 g/mol. The van der Waals surface area contributed by atoms with Gasteiger partial charge < -0.3 is 15.8 Å². The van der Waals surface area contributed by atoms with Crippen LogP contribution in [0.15, 0.2) is 12.1 Å². The number of nitrogen functional groups attached to an aromatic ring is 1. The van der Waals surface area contributed by atoms with E-state index in [0.717, 1.165) is 12.8 Å². The zero-order chi connectivity index (χ0) is 14.7. The number of esters is 1.